The molecule has 2 aromatic rings. The van der Waals surface area contributed by atoms with Crippen molar-refractivity contribution in [3.05, 3.63) is 76.8 Å². The SMILES string of the molecule is C=CC(=O)N1CCC[C@@H](NC(=O)C2=C3NC(=O)N(c4cccc(-c5cccc(Cl)c5)c4)C4CCNC(S2)C34)C1. The normalized spacial score (nSPS) is 26.1. The molecule has 0 aromatic heterocycles. The monoisotopic (exact) mass is 563 g/mol. The van der Waals surface area contributed by atoms with Gasteiger partial charge >= 0.3 is 6.03 Å². The minimum Gasteiger partial charge on any atom is -0.347 e. The Balaban J connectivity index is 1.25. The highest BCUT2D eigenvalue weighted by Crippen LogP contribution is 2.48. The molecule has 0 saturated carbocycles. The highest BCUT2D eigenvalue weighted by molar-refractivity contribution is 8.04. The molecule has 4 aliphatic heterocycles. The van der Waals surface area contributed by atoms with Crippen LogP contribution in [0, 0.1) is 5.92 Å². The molecule has 3 fully saturated rings. The topological polar surface area (TPSA) is 93.8 Å². The molecule has 3 N–H and O–H groups in total. The number of nitrogens with zero attached hydrogens (tertiary/aromatic N) is 2. The van der Waals surface area contributed by atoms with Gasteiger partial charge in [0.1, 0.15) is 0 Å². The molecule has 2 aromatic carbocycles. The maximum Gasteiger partial charge on any atom is 0.326 e. The van der Waals surface area contributed by atoms with Gasteiger partial charge in [0.2, 0.25) is 5.91 Å². The minimum atomic E-state index is -0.233. The number of hydrogen-bond acceptors (Lipinski definition) is 5. The van der Waals surface area contributed by atoms with Crippen molar-refractivity contribution < 1.29 is 14.4 Å². The van der Waals surface area contributed by atoms with E-state index in [1.54, 1.807) is 4.90 Å². The standard InChI is InChI=1S/C29H30ClN5O3S/c1-2-23(36)34-13-5-9-20(16-34)32-27(37)26-25-24-22(11-12-31-28(24)39-26)35(29(38)33-25)21-10-4-7-18(15-21)17-6-3-8-19(30)14-17/h2-4,6-8,10,14-15,20,22,24,28,31H,1,5,9,11-13,16H2,(H,32,37)(H,33,38)/t20-,22?,24?,28?/m1/s1. The molecule has 4 heterocycles. The summed E-state index contributed by atoms with van der Waals surface area (Å²) in [5.41, 5.74) is 3.47. The highest BCUT2D eigenvalue weighted by Gasteiger charge is 2.51. The van der Waals surface area contributed by atoms with E-state index in [1.165, 1.54) is 17.8 Å². The van der Waals surface area contributed by atoms with Crippen LogP contribution in [-0.4, -0.2) is 59.8 Å². The fourth-order valence-corrected chi connectivity index (χ4v) is 7.69. The maximum absolute atomic E-state index is 13.6. The van der Waals surface area contributed by atoms with E-state index >= 15 is 0 Å². The zero-order valence-corrected chi connectivity index (χ0v) is 22.9. The van der Waals surface area contributed by atoms with Gasteiger partial charge in [0, 0.05) is 41.5 Å². The van der Waals surface area contributed by atoms with Crippen molar-refractivity contribution in [2.24, 2.45) is 5.92 Å². The Morgan fingerprint density at radius 1 is 1.13 bits per heavy atom. The van der Waals surface area contributed by atoms with Gasteiger partial charge in [-0.15, -0.1) is 0 Å². The van der Waals surface area contributed by atoms with Gasteiger partial charge in [-0.05, 0) is 67.3 Å². The molecular formula is C29H30ClN5O3S. The molecule has 4 amide bonds. The lowest BCUT2D eigenvalue weighted by molar-refractivity contribution is -0.128. The lowest BCUT2D eigenvalue weighted by Crippen LogP contribution is -2.62. The van der Waals surface area contributed by atoms with Crippen molar-refractivity contribution in [1.82, 2.24) is 20.9 Å². The second-order valence-electron chi connectivity index (χ2n) is 10.3. The summed E-state index contributed by atoms with van der Waals surface area (Å²) in [6, 6.07) is 15.2. The third-order valence-electron chi connectivity index (χ3n) is 7.87. The summed E-state index contributed by atoms with van der Waals surface area (Å²) < 4.78 is 0. The van der Waals surface area contributed by atoms with E-state index < -0.39 is 0 Å². The number of halogens is 1. The molecule has 3 unspecified atom stereocenters. The molecule has 8 nitrogen and oxygen atoms in total. The summed E-state index contributed by atoms with van der Waals surface area (Å²) in [7, 11) is 0. The quantitative estimate of drug-likeness (QED) is 0.476. The third-order valence-corrected chi connectivity index (χ3v) is 9.46. The van der Waals surface area contributed by atoms with E-state index in [0.717, 1.165) is 42.6 Å². The lowest BCUT2D eigenvalue weighted by atomic mass is 9.86. The van der Waals surface area contributed by atoms with Crippen molar-refractivity contribution in [3.8, 4) is 11.1 Å². The predicted octanol–water partition coefficient (Wildman–Crippen LogP) is 4.09. The smallest absolute Gasteiger partial charge is 0.326 e. The van der Waals surface area contributed by atoms with E-state index in [9.17, 15) is 14.4 Å². The van der Waals surface area contributed by atoms with Crippen LogP contribution in [0.2, 0.25) is 5.02 Å². The van der Waals surface area contributed by atoms with Gasteiger partial charge in [0.05, 0.1) is 16.3 Å². The molecule has 39 heavy (non-hydrogen) atoms. The average molecular weight is 564 g/mol. The van der Waals surface area contributed by atoms with Crippen LogP contribution in [0.25, 0.3) is 11.1 Å². The number of carbonyl (C=O) groups excluding carboxylic acids is 3. The van der Waals surface area contributed by atoms with Crippen molar-refractivity contribution in [3.63, 3.8) is 0 Å². The number of carbonyl (C=O) groups is 3. The molecule has 10 heteroatoms. The number of piperidine rings is 2. The second-order valence-corrected chi connectivity index (χ2v) is 11.9. The van der Waals surface area contributed by atoms with Crippen molar-refractivity contribution in [2.45, 2.75) is 36.7 Å². The Morgan fingerprint density at radius 2 is 1.92 bits per heavy atom. The molecule has 0 radical (unpaired) electrons. The van der Waals surface area contributed by atoms with Crippen LogP contribution < -0.4 is 20.9 Å². The molecule has 3 saturated heterocycles. The Labute approximate surface area is 236 Å². The summed E-state index contributed by atoms with van der Waals surface area (Å²) in [6.45, 7) is 5.45. The summed E-state index contributed by atoms with van der Waals surface area (Å²) in [5, 5.41) is 10.4. The van der Waals surface area contributed by atoms with E-state index in [1.807, 2.05) is 53.4 Å². The molecule has 0 spiro atoms. The van der Waals surface area contributed by atoms with Crippen LogP contribution in [0.5, 0.6) is 0 Å². The number of urea groups is 1. The van der Waals surface area contributed by atoms with Crippen molar-refractivity contribution in [2.75, 3.05) is 24.5 Å². The molecule has 6 rings (SSSR count). The van der Waals surface area contributed by atoms with E-state index in [4.69, 9.17) is 11.6 Å². The largest absolute Gasteiger partial charge is 0.347 e. The summed E-state index contributed by atoms with van der Waals surface area (Å²) in [6.07, 6.45) is 3.71. The number of thioether (sulfide) groups is 1. The van der Waals surface area contributed by atoms with Crippen LogP contribution >= 0.6 is 23.4 Å². The Morgan fingerprint density at radius 3 is 2.72 bits per heavy atom. The molecule has 0 aliphatic carbocycles. The van der Waals surface area contributed by atoms with Gasteiger partial charge in [0.15, 0.2) is 0 Å². The number of rotatable bonds is 5. The number of amides is 4. The summed E-state index contributed by atoms with van der Waals surface area (Å²) in [4.78, 5) is 43.3. The number of likely N-dealkylation sites (tertiary alicyclic amines) is 1. The minimum absolute atomic E-state index is 0.0103. The fourth-order valence-electron chi connectivity index (χ4n) is 6.10. The number of nitrogens with one attached hydrogen (secondary N) is 3. The number of benzene rings is 2. The zero-order chi connectivity index (χ0) is 27.1. The molecule has 4 atom stereocenters. The Kier molecular flexibility index (Phi) is 7.14. The number of anilines is 1. The first-order chi connectivity index (χ1) is 18.9. The lowest BCUT2D eigenvalue weighted by Gasteiger charge is -2.45. The average Bonchev–Trinajstić information content (AvgIpc) is 3.32. The molecular weight excluding hydrogens is 534 g/mol. The molecule has 4 aliphatic rings. The van der Waals surface area contributed by atoms with Gasteiger partial charge in [-0.1, -0.05) is 54.2 Å². The van der Waals surface area contributed by atoms with Crippen LogP contribution in [-0.2, 0) is 9.59 Å². The van der Waals surface area contributed by atoms with E-state index in [0.29, 0.717) is 28.7 Å². The Hall–Kier alpha value is -3.27. The third kappa shape index (κ3) is 4.95. The van der Waals surface area contributed by atoms with Crippen LogP contribution in [0.4, 0.5) is 10.5 Å². The first-order valence-electron chi connectivity index (χ1n) is 13.3. The first kappa shape index (κ1) is 26.0. The zero-order valence-electron chi connectivity index (χ0n) is 21.4. The summed E-state index contributed by atoms with van der Waals surface area (Å²) >= 11 is 7.71. The highest BCUT2D eigenvalue weighted by atomic mass is 35.5. The van der Waals surface area contributed by atoms with Gasteiger partial charge in [0.25, 0.3) is 5.91 Å². The summed E-state index contributed by atoms with van der Waals surface area (Å²) in [5.74, 6) is -0.356. The number of hydrogen-bond donors (Lipinski definition) is 3. The van der Waals surface area contributed by atoms with Gasteiger partial charge in [-0.3, -0.25) is 14.5 Å². The van der Waals surface area contributed by atoms with Gasteiger partial charge < -0.3 is 20.9 Å². The van der Waals surface area contributed by atoms with Gasteiger partial charge in [-0.25, -0.2) is 4.79 Å². The molecule has 202 valence electrons. The Bertz CT molecular complexity index is 1380. The van der Waals surface area contributed by atoms with Crippen molar-refractivity contribution in [1.29, 1.82) is 0 Å². The first-order valence-corrected chi connectivity index (χ1v) is 14.5. The second kappa shape index (κ2) is 10.7. The molecule has 0 bridgehead atoms. The maximum atomic E-state index is 13.6. The fraction of sp³-hybridized carbons (Fsp3) is 0.345. The van der Waals surface area contributed by atoms with E-state index in [2.05, 4.69) is 22.5 Å². The van der Waals surface area contributed by atoms with Crippen LogP contribution in [0.15, 0.2) is 71.8 Å². The predicted molar refractivity (Wildman–Crippen MR) is 154 cm³/mol. The van der Waals surface area contributed by atoms with Crippen LogP contribution in [0.3, 0.4) is 0 Å². The van der Waals surface area contributed by atoms with Gasteiger partial charge in [-0.2, -0.15) is 0 Å². The van der Waals surface area contributed by atoms with Crippen molar-refractivity contribution >= 4 is 46.9 Å². The van der Waals surface area contributed by atoms with E-state index in [-0.39, 0.29) is 41.2 Å². The van der Waals surface area contributed by atoms with Crippen LogP contribution in [0.1, 0.15) is 19.3 Å².